The zero-order valence-electron chi connectivity index (χ0n) is 20.3. The molecule has 1 aliphatic rings. The van der Waals surface area contributed by atoms with Gasteiger partial charge in [-0.25, -0.2) is 12.8 Å². The number of hydrogen-bond acceptors (Lipinski definition) is 4. The Balaban J connectivity index is 1.64. The molecule has 1 heterocycles. The smallest absolute Gasteiger partial charge is 0.265 e. The van der Waals surface area contributed by atoms with E-state index in [-0.39, 0.29) is 23.7 Å². The van der Waals surface area contributed by atoms with Crippen LogP contribution in [0, 0.1) is 26.6 Å². The molecule has 1 atom stereocenters. The van der Waals surface area contributed by atoms with Crippen molar-refractivity contribution in [1.29, 1.82) is 0 Å². The number of halogens is 1. The third-order valence-electron chi connectivity index (χ3n) is 6.11. The molecule has 36 heavy (non-hydrogen) atoms. The molecule has 1 aliphatic heterocycles. The van der Waals surface area contributed by atoms with E-state index >= 15 is 0 Å². The quantitative estimate of drug-likeness (QED) is 0.503. The summed E-state index contributed by atoms with van der Waals surface area (Å²) in [4.78, 5) is 26.0. The first kappa shape index (κ1) is 25.4. The third kappa shape index (κ3) is 5.11. The number of hydrogen-bond donors (Lipinski definition) is 2. The summed E-state index contributed by atoms with van der Waals surface area (Å²) in [6.07, 6.45) is 0.0273. The molecule has 0 aromatic heterocycles. The second-order valence-electron chi connectivity index (χ2n) is 8.98. The number of amides is 2. The number of rotatable bonds is 7. The molecule has 188 valence electrons. The van der Waals surface area contributed by atoms with E-state index < -0.39 is 27.9 Å². The lowest BCUT2D eigenvalue weighted by Crippen LogP contribution is -2.53. The van der Waals surface area contributed by atoms with E-state index in [0.29, 0.717) is 34.5 Å². The average Bonchev–Trinajstić information content (AvgIpc) is 2.78. The topological polar surface area (TPSA) is 95.6 Å². The molecule has 0 bridgehead atoms. The predicted molar refractivity (Wildman–Crippen MR) is 137 cm³/mol. The van der Waals surface area contributed by atoms with Crippen LogP contribution in [0.1, 0.15) is 28.7 Å². The molecule has 0 spiro atoms. The van der Waals surface area contributed by atoms with E-state index in [2.05, 4.69) is 10.6 Å². The first-order valence-electron chi connectivity index (χ1n) is 11.6. The Hall–Kier alpha value is -3.72. The van der Waals surface area contributed by atoms with Gasteiger partial charge in [0.2, 0.25) is 11.8 Å². The van der Waals surface area contributed by atoms with E-state index in [1.54, 1.807) is 62.4 Å². The molecule has 9 heteroatoms. The van der Waals surface area contributed by atoms with E-state index in [4.69, 9.17) is 0 Å². The Morgan fingerprint density at radius 2 is 1.72 bits per heavy atom. The van der Waals surface area contributed by atoms with Crippen LogP contribution in [-0.2, 0) is 26.0 Å². The molecule has 0 saturated carbocycles. The molecule has 7 nitrogen and oxygen atoms in total. The maximum Gasteiger partial charge on any atom is 0.265 e. The number of benzene rings is 3. The minimum absolute atomic E-state index is 0.120. The van der Waals surface area contributed by atoms with Crippen LogP contribution in [0.15, 0.2) is 65.6 Å². The molecular weight excluding hydrogens is 481 g/mol. The summed E-state index contributed by atoms with van der Waals surface area (Å²) in [6, 6.07) is 15.0. The molecular formula is C27H28FN3O4S. The average molecular weight is 510 g/mol. The Labute approximate surface area is 210 Å². The first-order valence-corrected chi connectivity index (χ1v) is 13.1. The molecule has 2 amide bonds. The van der Waals surface area contributed by atoms with Crippen molar-refractivity contribution in [1.82, 2.24) is 5.32 Å². The maximum absolute atomic E-state index is 14.1. The van der Waals surface area contributed by atoms with Gasteiger partial charge in [0, 0.05) is 6.54 Å². The van der Waals surface area contributed by atoms with Crippen molar-refractivity contribution in [3.63, 3.8) is 0 Å². The number of carbonyl (C=O) groups excluding carboxylic acids is 2. The molecule has 3 aromatic rings. The second kappa shape index (κ2) is 10.1. The highest BCUT2D eigenvalue weighted by molar-refractivity contribution is 7.93. The van der Waals surface area contributed by atoms with Crippen LogP contribution >= 0.6 is 0 Å². The molecule has 0 aliphatic carbocycles. The number of anilines is 2. The zero-order chi connectivity index (χ0) is 26.0. The highest BCUT2D eigenvalue weighted by atomic mass is 32.2. The monoisotopic (exact) mass is 509 g/mol. The van der Waals surface area contributed by atoms with Gasteiger partial charge in [-0.1, -0.05) is 42.0 Å². The predicted octanol–water partition coefficient (Wildman–Crippen LogP) is 4.02. The minimum Gasteiger partial charge on any atom is -0.356 e. The summed E-state index contributed by atoms with van der Waals surface area (Å²) in [7, 11) is -4.20. The normalized spacial score (nSPS) is 15.3. The van der Waals surface area contributed by atoms with Gasteiger partial charge in [-0.2, -0.15) is 0 Å². The number of para-hydroxylation sites is 2. The van der Waals surface area contributed by atoms with E-state index in [1.165, 1.54) is 12.1 Å². The SMILES string of the molecule is Cc1cc(C)c(S(=O)(=O)N2c3ccccc3NC(=O)C2CC(=O)NCCc2cccc(F)c2)c(C)c1. The van der Waals surface area contributed by atoms with Gasteiger partial charge in [0.1, 0.15) is 11.9 Å². The molecule has 0 fully saturated rings. The van der Waals surface area contributed by atoms with Crippen LogP contribution in [0.25, 0.3) is 0 Å². The highest BCUT2D eigenvalue weighted by Gasteiger charge is 2.42. The van der Waals surface area contributed by atoms with E-state index in [0.717, 1.165) is 9.87 Å². The lowest BCUT2D eigenvalue weighted by Gasteiger charge is -2.37. The fraction of sp³-hybridized carbons (Fsp3) is 0.259. The van der Waals surface area contributed by atoms with Crippen molar-refractivity contribution >= 4 is 33.2 Å². The van der Waals surface area contributed by atoms with Crippen molar-refractivity contribution in [3.8, 4) is 0 Å². The standard InChI is InChI=1S/C27H28FN3O4S/c1-17-13-18(2)26(19(3)14-17)36(34,35)31-23-10-5-4-9-22(23)30-27(33)24(31)16-25(32)29-12-11-20-7-6-8-21(28)15-20/h4-10,13-15,24H,11-12,16H2,1-3H3,(H,29,32)(H,30,33). The highest BCUT2D eigenvalue weighted by Crippen LogP contribution is 2.38. The molecule has 2 N–H and O–H groups in total. The lowest BCUT2D eigenvalue weighted by atomic mass is 10.1. The van der Waals surface area contributed by atoms with Gasteiger partial charge < -0.3 is 10.6 Å². The number of aryl methyl sites for hydroxylation is 3. The Kier molecular flexibility index (Phi) is 7.12. The summed E-state index contributed by atoms with van der Waals surface area (Å²) in [5.74, 6) is -1.43. The largest absolute Gasteiger partial charge is 0.356 e. The third-order valence-corrected chi connectivity index (χ3v) is 8.24. The van der Waals surface area contributed by atoms with Gasteiger partial charge in [-0.3, -0.25) is 13.9 Å². The van der Waals surface area contributed by atoms with Crippen molar-refractivity contribution in [2.75, 3.05) is 16.2 Å². The van der Waals surface area contributed by atoms with E-state index in [1.807, 2.05) is 6.92 Å². The molecule has 3 aromatic carbocycles. The zero-order valence-corrected chi connectivity index (χ0v) is 21.2. The number of sulfonamides is 1. The van der Waals surface area contributed by atoms with Crippen LogP contribution < -0.4 is 14.9 Å². The van der Waals surface area contributed by atoms with Crippen LogP contribution in [0.4, 0.5) is 15.8 Å². The summed E-state index contributed by atoms with van der Waals surface area (Å²) in [5, 5.41) is 5.45. The lowest BCUT2D eigenvalue weighted by molar-refractivity contribution is -0.125. The Bertz CT molecular complexity index is 1420. The van der Waals surface area contributed by atoms with Crippen LogP contribution in [0.5, 0.6) is 0 Å². The maximum atomic E-state index is 14.1. The minimum atomic E-state index is -4.20. The van der Waals surface area contributed by atoms with Gasteiger partial charge in [-0.05, 0) is 68.1 Å². The fourth-order valence-corrected chi connectivity index (χ4v) is 6.74. The van der Waals surface area contributed by atoms with Crippen molar-refractivity contribution in [3.05, 3.63) is 88.7 Å². The van der Waals surface area contributed by atoms with Gasteiger partial charge in [0.25, 0.3) is 10.0 Å². The van der Waals surface area contributed by atoms with Crippen LogP contribution in [0.2, 0.25) is 0 Å². The van der Waals surface area contributed by atoms with Gasteiger partial charge in [-0.15, -0.1) is 0 Å². The molecule has 0 saturated heterocycles. The summed E-state index contributed by atoms with van der Waals surface area (Å²) >= 11 is 0. The van der Waals surface area contributed by atoms with Crippen LogP contribution in [-0.4, -0.2) is 32.8 Å². The summed E-state index contributed by atoms with van der Waals surface area (Å²) < 4.78 is 42.6. The summed E-state index contributed by atoms with van der Waals surface area (Å²) in [5.41, 5.74) is 3.43. The second-order valence-corrected chi connectivity index (χ2v) is 10.7. The number of nitrogens with zero attached hydrogens (tertiary/aromatic N) is 1. The molecule has 1 unspecified atom stereocenters. The van der Waals surface area contributed by atoms with Crippen molar-refractivity contribution in [2.45, 2.75) is 44.6 Å². The van der Waals surface area contributed by atoms with Gasteiger partial charge in [0.05, 0.1) is 22.7 Å². The van der Waals surface area contributed by atoms with Gasteiger partial charge in [0.15, 0.2) is 0 Å². The molecule has 4 rings (SSSR count). The molecule has 0 radical (unpaired) electrons. The number of nitrogens with one attached hydrogen (secondary N) is 2. The Morgan fingerprint density at radius 3 is 2.42 bits per heavy atom. The summed E-state index contributed by atoms with van der Waals surface area (Å²) in [6.45, 7) is 5.54. The van der Waals surface area contributed by atoms with Crippen molar-refractivity contribution in [2.24, 2.45) is 0 Å². The van der Waals surface area contributed by atoms with Gasteiger partial charge >= 0.3 is 0 Å². The van der Waals surface area contributed by atoms with E-state index in [9.17, 15) is 22.4 Å². The number of carbonyl (C=O) groups is 2. The van der Waals surface area contributed by atoms with Crippen molar-refractivity contribution < 1.29 is 22.4 Å². The van der Waals surface area contributed by atoms with Crippen LogP contribution in [0.3, 0.4) is 0 Å². The Morgan fingerprint density at radius 1 is 1.03 bits per heavy atom. The number of fused-ring (bicyclic) bond motifs is 1. The first-order chi connectivity index (χ1) is 17.1. The fourth-order valence-electron chi connectivity index (χ4n) is 4.69.